The molecular formula is C20H28N2O3. The van der Waals surface area contributed by atoms with Gasteiger partial charge in [-0.2, -0.15) is 0 Å². The summed E-state index contributed by atoms with van der Waals surface area (Å²) in [5.41, 5.74) is 0.680. The summed E-state index contributed by atoms with van der Waals surface area (Å²) in [6, 6.07) is 7.35. The molecule has 0 spiro atoms. The van der Waals surface area contributed by atoms with Crippen LogP contribution in [0.5, 0.6) is 5.75 Å². The molecule has 1 aliphatic heterocycles. The van der Waals surface area contributed by atoms with Gasteiger partial charge >= 0.3 is 0 Å². The van der Waals surface area contributed by atoms with Crippen LogP contribution in [-0.4, -0.2) is 54.4 Å². The number of hydrogen-bond acceptors (Lipinski definition) is 3. The summed E-state index contributed by atoms with van der Waals surface area (Å²) in [6.45, 7) is 5.29. The van der Waals surface area contributed by atoms with Gasteiger partial charge in [-0.15, -0.1) is 0 Å². The van der Waals surface area contributed by atoms with Gasteiger partial charge in [0.25, 0.3) is 5.91 Å². The maximum absolute atomic E-state index is 12.6. The fourth-order valence-corrected chi connectivity index (χ4v) is 3.66. The summed E-state index contributed by atoms with van der Waals surface area (Å²) >= 11 is 0. The molecule has 2 amide bonds. The Bertz CT molecular complexity index is 585. The molecule has 5 nitrogen and oxygen atoms in total. The van der Waals surface area contributed by atoms with Gasteiger partial charge in [-0.05, 0) is 43.5 Å². The number of rotatable bonds is 5. The predicted octanol–water partition coefficient (Wildman–Crippen LogP) is 2.95. The Balaban J connectivity index is 1.51. The minimum absolute atomic E-state index is 0.0370. The van der Waals surface area contributed by atoms with Crippen molar-refractivity contribution in [3.8, 4) is 5.75 Å². The Hall–Kier alpha value is -2.04. The number of nitrogens with zero attached hydrogens (tertiary/aromatic N) is 2. The third-order valence-corrected chi connectivity index (χ3v) is 5.16. The van der Waals surface area contributed by atoms with Crippen LogP contribution >= 0.6 is 0 Å². The normalized spacial score (nSPS) is 18.4. The fraction of sp³-hybridized carbons (Fsp3) is 0.600. The average Bonchev–Trinajstić information content (AvgIpc) is 3.20. The second-order valence-corrected chi connectivity index (χ2v) is 6.97. The number of carbonyl (C=O) groups is 2. The third-order valence-electron chi connectivity index (χ3n) is 5.16. The van der Waals surface area contributed by atoms with Crippen LogP contribution in [-0.2, 0) is 4.79 Å². The molecular weight excluding hydrogens is 316 g/mol. The topological polar surface area (TPSA) is 49.9 Å². The molecule has 1 aromatic rings. The molecule has 0 N–H and O–H groups in total. The lowest BCUT2D eigenvalue weighted by molar-refractivity contribution is -0.136. The summed E-state index contributed by atoms with van der Waals surface area (Å²) in [4.78, 5) is 28.9. The number of carbonyl (C=O) groups excluding carboxylic acids is 2. The summed E-state index contributed by atoms with van der Waals surface area (Å²) in [6.07, 6.45) is 5.37. The molecule has 0 aromatic heterocycles. The second kappa shape index (κ2) is 8.37. The first-order valence-corrected chi connectivity index (χ1v) is 9.50. The van der Waals surface area contributed by atoms with E-state index < -0.39 is 0 Å². The average molecular weight is 344 g/mol. The van der Waals surface area contributed by atoms with Gasteiger partial charge in [0.2, 0.25) is 5.91 Å². The molecule has 1 heterocycles. The lowest BCUT2D eigenvalue weighted by Crippen LogP contribution is -2.51. The fourth-order valence-electron chi connectivity index (χ4n) is 3.66. The van der Waals surface area contributed by atoms with Gasteiger partial charge in [-0.1, -0.05) is 19.8 Å². The quantitative estimate of drug-likeness (QED) is 0.825. The zero-order valence-electron chi connectivity index (χ0n) is 15.1. The zero-order valence-corrected chi connectivity index (χ0v) is 15.1. The van der Waals surface area contributed by atoms with Crippen molar-refractivity contribution in [1.29, 1.82) is 0 Å². The van der Waals surface area contributed by atoms with Crippen LogP contribution in [0.4, 0.5) is 0 Å². The molecule has 0 radical (unpaired) electrons. The van der Waals surface area contributed by atoms with Crippen molar-refractivity contribution in [1.82, 2.24) is 9.80 Å². The molecule has 136 valence electrons. The second-order valence-electron chi connectivity index (χ2n) is 6.97. The first kappa shape index (κ1) is 17.8. The molecule has 0 unspecified atom stereocenters. The largest absolute Gasteiger partial charge is 0.494 e. The molecule has 25 heavy (non-hydrogen) atoms. The van der Waals surface area contributed by atoms with E-state index in [2.05, 4.69) is 6.92 Å². The maximum atomic E-state index is 12.6. The highest BCUT2D eigenvalue weighted by atomic mass is 16.5. The van der Waals surface area contributed by atoms with Crippen molar-refractivity contribution in [3.63, 3.8) is 0 Å². The predicted molar refractivity (Wildman–Crippen MR) is 96.7 cm³/mol. The highest BCUT2D eigenvalue weighted by Crippen LogP contribution is 2.27. The Labute approximate surface area is 149 Å². The number of ether oxygens (including phenoxy) is 1. The van der Waals surface area contributed by atoms with E-state index in [1.807, 2.05) is 34.1 Å². The molecule has 2 fully saturated rings. The molecule has 0 bridgehead atoms. The van der Waals surface area contributed by atoms with Crippen LogP contribution in [0.25, 0.3) is 0 Å². The van der Waals surface area contributed by atoms with Crippen LogP contribution in [0.2, 0.25) is 0 Å². The van der Waals surface area contributed by atoms with Gasteiger partial charge in [0.1, 0.15) is 5.75 Å². The van der Waals surface area contributed by atoms with E-state index in [-0.39, 0.29) is 11.8 Å². The van der Waals surface area contributed by atoms with Gasteiger partial charge in [-0.25, -0.2) is 0 Å². The maximum Gasteiger partial charge on any atom is 0.253 e. The lowest BCUT2D eigenvalue weighted by Gasteiger charge is -2.36. The number of amides is 2. The minimum Gasteiger partial charge on any atom is -0.494 e. The first-order chi connectivity index (χ1) is 12.2. The highest BCUT2D eigenvalue weighted by Gasteiger charge is 2.30. The molecule has 1 saturated heterocycles. The highest BCUT2D eigenvalue weighted by molar-refractivity contribution is 5.94. The van der Waals surface area contributed by atoms with Crippen molar-refractivity contribution >= 4 is 11.8 Å². The number of hydrogen-bond donors (Lipinski definition) is 0. The summed E-state index contributed by atoms with van der Waals surface area (Å²) in [7, 11) is 0. The van der Waals surface area contributed by atoms with Crippen molar-refractivity contribution in [2.45, 2.75) is 39.0 Å². The Morgan fingerprint density at radius 1 is 1.00 bits per heavy atom. The van der Waals surface area contributed by atoms with Crippen LogP contribution in [0.15, 0.2) is 24.3 Å². The van der Waals surface area contributed by atoms with E-state index in [0.717, 1.165) is 25.0 Å². The third kappa shape index (κ3) is 4.33. The Morgan fingerprint density at radius 2 is 1.60 bits per heavy atom. The Kier molecular flexibility index (Phi) is 5.95. The number of piperazine rings is 1. The summed E-state index contributed by atoms with van der Waals surface area (Å²) < 4.78 is 5.56. The molecule has 0 atom stereocenters. The van der Waals surface area contributed by atoms with Crippen LogP contribution in [0.1, 0.15) is 49.4 Å². The molecule has 3 rings (SSSR count). The van der Waals surface area contributed by atoms with Crippen molar-refractivity contribution in [2.24, 2.45) is 5.92 Å². The smallest absolute Gasteiger partial charge is 0.253 e. The van der Waals surface area contributed by atoms with Crippen LogP contribution in [0, 0.1) is 5.92 Å². The van der Waals surface area contributed by atoms with Crippen molar-refractivity contribution < 1.29 is 14.3 Å². The van der Waals surface area contributed by atoms with E-state index in [1.165, 1.54) is 12.8 Å². The lowest BCUT2D eigenvalue weighted by atomic mass is 10.1. The Morgan fingerprint density at radius 3 is 2.20 bits per heavy atom. The molecule has 1 aromatic carbocycles. The van der Waals surface area contributed by atoms with E-state index >= 15 is 0 Å². The van der Waals surface area contributed by atoms with Crippen molar-refractivity contribution in [2.75, 3.05) is 32.8 Å². The zero-order chi connectivity index (χ0) is 17.6. The molecule has 5 heteroatoms. The monoisotopic (exact) mass is 344 g/mol. The van der Waals surface area contributed by atoms with Crippen LogP contribution < -0.4 is 4.74 Å². The SMILES string of the molecule is CCCOc1ccc(C(=O)N2CCN(C(=O)C3CCCC3)CC2)cc1. The van der Waals surface area contributed by atoms with Gasteiger partial charge < -0.3 is 14.5 Å². The molecule has 1 saturated carbocycles. The summed E-state index contributed by atoms with van der Waals surface area (Å²) in [5, 5.41) is 0. The van der Waals surface area contributed by atoms with E-state index in [9.17, 15) is 9.59 Å². The van der Waals surface area contributed by atoms with Gasteiger partial charge in [0, 0.05) is 37.7 Å². The minimum atomic E-state index is 0.0370. The van der Waals surface area contributed by atoms with Crippen molar-refractivity contribution in [3.05, 3.63) is 29.8 Å². The van der Waals surface area contributed by atoms with Gasteiger partial charge in [0.15, 0.2) is 0 Å². The van der Waals surface area contributed by atoms with E-state index in [0.29, 0.717) is 44.3 Å². The van der Waals surface area contributed by atoms with E-state index in [1.54, 1.807) is 0 Å². The number of benzene rings is 1. The van der Waals surface area contributed by atoms with Crippen LogP contribution in [0.3, 0.4) is 0 Å². The van der Waals surface area contributed by atoms with E-state index in [4.69, 9.17) is 4.74 Å². The standard InChI is InChI=1S/C20H28N2O3/c1-2-15-25-18-9-7-17(8-10-18)20(24)22-13-11-21(12-14-22)19(23)16-5-3-4-6-16/h7-10,16H,2-6,11-15H2,1H3. The van der Waals surface area contributed by atoms with Gasteiger partial charge in [0.05, 0.1) is 6.61 Å². The molecule has 2 aliphatic rings. The summed E-state index contributed by atoms with van der Waals surface area (Å²) in [5.74, 6) is 1.35. The van der Waals surface area contributed by atoms with Gasteiger partial charge in [-0.3, -0.25) is 9.59 Å². The molecule has 1 aliphatic carbocycles. The first-order valence-electron chi connectivity index (χ1n) is 9.50.